The Kier molecular flexibility index (Phi) is 6.31. The molecule has 1 aromatic carbocycles. The van der Waals surface area contributed by atoms with E-state index in [4.69, 9.17) is 27.9 Å². The van der Waals surface area contributed by atoms with Crippen LogP contribution in [0.1, 0.15) is 43.5 Å². The lowest BCUT2D eigenvalue weighted by Gasteiger charge is -2.34. The Morgan fingerprint density at radius 3 is 2.48 bits per heavy atom. The quantitative estimate of drug-likeness (QED) is 0.825. The molecular weight excluding hydrogens is 337 g/mol. The van der Waals surface area contributed by atoms with Gasteiger partial charge in [0, 0.05) is 16.1 Å². The summed E-state index contributed by atoms with van der Waals surface area (Å²) in [4.78, 5) is 23.9. The van der Waals surface area contributed by atoms with E-state index < -0.39 is 5.97 Å². The van der Waals surface area contributed by atoms with Crippen molar-refractivity contribution in [1.29, 1.82) is 0 Å². The number of nitrogens with one attached hydrogen (secondary N) is 1. The number of esters is 1. The summed E-state index contributed by atoms with van der Waals surface area (Å²) < 4.78 is 5.04. The van der Waals surface area contributed by atoms with Crippen LogP contribution in [-0.4, -0.2) is 24.5 Å². The Bertz CT molecular complexity index is 571. The first-order valence-corrected chi connectivity index (χ1v) is 8.55. The molecule has 4 nitrogen and oxygen atoms in total. The highest BCUT2D eigenvalue weighted by molar-refractivity contribution is 6.35. The maximum absolute atomic E-state index is 12.0. The standard InChI is InChI=1S/C17H21Cl2NO3/c1-10-4-3-5-15(11(10)2)20-16(21)9-23-17(22)12-6-13(18)8-14(19)7-12/h6-8,10-11,15H,3-5,9H2,1-2H3,(H,20,21)/t10-,11+,15-/m0/s1. The van der Waals surface area contributed by atoms with E-state index in [1.807, 2.05) is 0 Å². The van der Waals surface area contributed by atoms with Crippen LogP contribution >= 0.6 is 23.2 Å². The molecule has 0 aromatic heterocycles. The molecule has 1 amide bonds. The molecule has 0 heterocycles. The number of amides is 1. The van der Waals surface area contributed by atoms with E-state index in [-0.39, 0.29) is 24.1 Å². The highest BCUT2D eigenvalue weighted by Gasteiger charge is 2.28. The van der Waals surface area contributed by atoms with Gasteiger partial charge in [-0.05, 0) is 36.5 Å². The Morgan fingerprint density at radius 1 is 1.17 bits per heavy atom. The number of hydrogen-bond acceptors (Lipinski definition) is 3. The van der Waals surface area contributed by atoms with Crippen LogP contribution in [0.4, 0.5) is 0 Å². The number of hydrogen-bond donors (Lipinski definition) is 1. The lowest BCUT2D eigenvalue weighted by Crippen LogP contribution is -2.45. The number of carbonyl (C=O) groups is 2. The first-order valence-electron chi connectivity index (χ1n) is 7.79. The van der Waals surface area contributed by atoms with Crippen molar-refractivity contribution in [3.63, 3.8) is 0 Å². The summed E-state index contributed by atoms with van der Waals surface area (Å²) in [6.07, 6.45) is 3.27. The van der Waals surface area contributed by atoms with Gasteiger partial charge in [-0.25, -0.2) is 4.79 Å². The van der Waals surface area contributed by atoms with Crippen molar-refractivity contribution in [3.05, 3.63) is 33.8 Å². The first kappa shape index (κ1) is 18.1. The van der Waals surface area contributed by atoms with Crippen molar-refractivity contribution in [2.75, 3.05) is 6.61 Å². The molecule has 23 heavy (non-hydrogen) atoms. The molecule has 6 heteroatoms. The van der Waals surface area contributed by atoms with Crippen molar-refractivity contribution in [2.24, 2.45) is 11.8 Å². The molecule has 0 aliphatic heterocycles. The fourth-order valence-electron chi connectivity index (χ4n) is 2.92. The summed E-state index contributed by atoms with van der Waals surface area (Å²) in [5.41, 5.74) is 0.231. The number of ether oxygens (including phenoxy) is 1. The fourth-order valence-corrected chi connectivity index (χ4v) is 3.45. The molecule has 1 saturated carbocycles. The number of rotatable bonds is 4. The minimum atomic E-state index is -0.616. The average molecular weight is 358 g/mol. The summed E-state index contributed by atoms with van der Waals surface area (Å²) >= 11 is 11.7. The fraction of sp³-hybridized carbons (Fsp3) is 0.529. The zero-order valence-corrected chi connectivity index (χ0v) is 14.8. The molecule has 1 aliphatic carbocycles. The van der Waals surface area contributed by atoms with Gasteiger partial charge >= 0.3 is 5.97 Å². The van der Waals surface area contributed by atoms with Crippen LogP contribution in [0.3, 0.4) is 0 Å². The minimum Gasteiger partial charge on any atom is -0.452 e. The van der Waals surface area contributed by atoms with Gasteiger partial charge in [-0.3, -0.25) is 4.79 Å². The summed E-state index contributed by atoms with van der Waals surface area (Å²) in [7, 11) is 0. The van der Waals surface area contributed by atoms with Crippen LogP contribution in [0, 0.1) is 11.8 Å². The van der Waals surface area contributed by atoms with E-state index in [0.717, 1.165) is 12.8 Å². The van der Waals surface area contributed by atoms with Crippen molar-refractivity contribution < 1.29 is 14.3 Å². The van der Waals surface area contributed by atoms with Gasteiger partial charge in [0.2, 0.25) is 0 Å². The van der Waals surface area contributed by atoms with E-state index >= 15 is 0 Å². The summed E-state index contributed by atoms with van der Waals surface area (Å²) in [6.45, 7) is 4.04. The molecule has 0 bridgehead atoms. The third kappa shape index (κ3) is 5.11. The van der Waals surface area contributed by atoms with Gasteiger partial charge in [0.1, 0.15) is 0 Å². The van der Waals surface area contributed by atoms with E-state index in [1.165, 1.54) is 24.6 Å². The van der Waals surface area contributed by atoms with Gasteiger partial charge in [-0.2, -0.15) is 0 Å². The molecule has 0 radical (unpaired) electrons. The van der Waals surface area contributed by atoms with Gasteiger partial charge in [0.25, 0.3) is 5.91 Å². The van der Waals surface area contributed by atoms with Crippen molar-refractivity contribution in [3.8, 4) is 0 Å². The lowest BCUT2D eigenvalue weighted by atomic mass is 9.78. The Morgan fingerprint density at radius 2 is 1.83 bits per heavy atom. The third-order valence-corrected chi connectivity index (χ3v) is 4.92. The average Bonchev–Trinajstić information content (AvgIpc) is 2.48. The zero-order valence-electron chi connectivity index (χ0n) is 13.3. The van der Waals surface area contributed by atoms with E-state index in [0.29, 0.717) is 21.9 Å². The number of halogens is 2. The molecule has 126 valence electrons. The molecule has 0 saturated heterocycles. The number of carbonyl (C=O) groups excluding carboxylic acids is 2. The second-order valence-electron chi connectivity index (χ2n) is 6.18. The first-order chi connectivity index (χ1) is 10.9. The highest BCUT2D eigenvalue weighted by Crippen LogP contribution is 2.29. The molecule has 1 N–H and O–H groups in total. The topological polar surface area (TPSA) is 55.4 Å². The molecule has 1 fully saturated rings. The van der Waals surface area contributed by atoms with Crippen LogP contribution < -0.4 is 5.32 Å². The van der Waals surface area contributed by atoms with E-state index in [2.05, 4.69) is 19.2 Å². The van der Waals surface area contributed by atoms with Crippen LogP contribution in [0.15, 0.2) is 18.2 Å². The second kappa shape index (κ2) is 8.02. The van der Waals surface area contributed by atoms with Crippen molar-refractivity contribution in [2.45, 2.75) is 39.2 Å². The summed E-state index contributed by atoms with van der Waals surface area (Å²) in [5.74, 6) is 0.118. The maximum Gasteiger partial charge on any atom is 0.338 e. The monoisotopic (exact) mass is 357 g/mol. The van der Waals surface area contributed by atoms with E-state index in [9.17, 15) is 9.59 Å². The Hall–Kier alpha value is -1.26. The van der Waals surface area contributed by atoms with Gasteiger partial charge in [0.15, 0.2) is 6.61 Å². The van der Waals surface area contributed by atoms with Gasteiger partial charge in [-0.15, -0.1) is 0 Å². The van der Waals surface area contributed by atoms with Gasteiger partial charge in [-0.1, -0.05) is 49.9 Å². The van der Waals surface area contributed by atoms with Gasteiger partial charge in [0.05, 0.1) is 5.56 Å². The van der Waals surface area contributed by atoms with Crippen LogP contribution in [0.2, 0.25) is 10.0 Å². The molecule has 3 atom stereocenters. The smallest absolute Gasteiger partial charge is 0.338 e. The molecule has 1 aromatic rings. The molecular formula is C17H21Cl2NO3. The molecule has 0 unspecified atom stereocenters. The van der Waals surface area contributed by atoms with E-state index in [1.54, 1.807) is 0 Å². The predicted molar refractivity (Wildman–Crippen MR) is 90.9 cm³/mol. The summed E-state index contributed by atoms with van der Waals surface area (Å²) in [5, 5.41) is 3.65. The van der Waals surface area contributed by atoms with Crippen LogP contribution in [-0.2, 0) is 9.53 Å². The summed E-state index contributed by atoms with van der Waals surface area (Å²) in [6, 6.07) is 4.58. The molecule has 1 aliphatic rings. The zero-order chi connectivity index (χ0) is 17.0. The lowest BCUT2D eigenvalue weighted by molar-refractivity contribution is -0.125. The molecule has 0 spiro atoms. The maximum atomic E-state index is 12.0. The largest absolute Gasteiger partial charge is 0.452 e. The Labute approximate surface area is 146 Å². The van der Waals surface area contributed by atoms with Crippen LogP contribution in [0.5, 0.6) is 0 Å². The van der Waals surface area contributed by atoms with Crippen molar-refractivity contribution in [1.82, 2.24) is 5.32 Å². The SMILES string of the molecule is C[C@H]1[C@@H](NC(=O)COC(=O)c2cc(Cl)cc(Cl)c2)CCC[C@@H]1C. The van der Waals surface area contributed by atoms with Crippen LogP contribution in [0.25, 0.3) is 0 Å². The van der Waals surface area contributed by atoms with Crippen molar-refractivity contribution >= 4 is 35.1 Å². The third-order valence-electron chi connectivity index (χ3n) is 4.49. The highest BCUT2D eigenvalue weighted by atomic mass is 35.5. The predicted octanol–water partition coefficient (Wildman–Crippen LogP) is 4.09. The molecule has 2 rings (SSSR count). The number of benzene rings is 1. The Balaban J connectivity index is 1.85. The normalized spacial score (nSPS) is 24.1. The second-order valence-corrected chi connectivity index (χ2v) is 7.05. The minimum absolute atomic E-state index is 0.144. The van der Waals surface area contributed by atoms with Gasteiger partial charge < -0.3 is 10.1 Å².